The maximum absolute atomic E-state index is 13.6. The van der Waals surface area contributed by atoms with Crippen LogP contribution in [0.15, 0.2) is 46.9 Å². The van der Waals surface area contributed by atoms with Gasteiger partial charge in [0.05, 0.1) is 55.4 Å². The van der Waals surface area contributed by atoms with Crippen molar-refractivity contribution in [3.05, 3.63) is 80.1 Å². The van der Waals surface area contributed by atoms with Crippen LogP contribution in [0.4, 0.5) is 23.0 Å². The van der Waals surface area contributed by atoms with E-state index >= 15 is 0 Å². The highest BCUT2D eigenvalue weighted by molar-refractivity contribution is 7.19. The second kappa shape index (κ2) is 18.0. The van der Waals surface area contributed by atoms with Crippen LogP contribution in [0.5, 0.6) is 11.5 Å². The fourth-order valence-electron chi connectivity index (χ4n) is 9.43. The van der Waals surface area contributed by atoms with Gasteiger partial charge >= 0.3 is 5.97 Å². The lowest BCUT2D eigenvalue weighted by Crippen LogP contribution is -2.41. The number of methoxy groups -OCH3 is 2. The molecule has 2 aromatic carbocycles. The van der Waals surface area contributed by atoms with Gasteiger partial charge in [0.2, 0.25) is 11.8 Å². The largest absolute Gasteiger partial charge is 0.495 e. The molecule has 11 rings (SSSR count). The number of hydrogen-bond donors (Lipinski definition) is 3. The van der Waals surface area contributed by atoms with E-state index in [0.29, 0.717) is 45.3 Å². The summed E-state index contributed by atoms with van der Waals surface area (Å²) >= 11 is 3.23. The molecule has 66 heavy (non-hydrogen) atoms. The van der Waals surface area contributed by atoms with Crippen LogP contribution in [0.3, 0.4) is 0 Å². The number of hydrogen-bond acceptors (Lipinski definition) is 15. The number of nitrogens with zero attached hydrogens (tertiary/aromatic N) is 8. The number of carbonyl (C=O) groups excluding carboxylic acids is 2. The molecule has 2 amide bonds. The van der Waals surface area contributed by atoms with Crippen molar-refractivity contribution in [3.8, 4) is 11.5 Å². The fraction of sp³-hybridized carbons (Fsp3) is 0.396. The SMILES string of the molecule is COc1cc2c(cc1Nc1ncnc3sc4c(c13)CC[C@H](C(=O)N(CCC(=O)N(C)C)C1CC1)C4)C=NC2.COc1cc2c(cc1Nc1ncnc3sc4c(c13)CC[C@H](C(=O)O)C4)C=NC2. The van der Waals surface area contributed by atoms with Crippen LogP contribution < -0.4 is 20.1 Å². The summed E-state index contributed by atoms with van der Waals surface area (Å²) in [5.74, 6) is 2.12. The number of aliphatic imine (C=N–C) groups is 2. The Hall–Kier alpha value is -6.53. The number of carboxylic acid groups (broad SMARTS) is 1. The minimum atomic E-state index is -0.725. The molecule has 1 fully saturated rings. The van der Waals surface area contributed by atoms with E-state index in [9.17, 15) is 19.5 Å². The van der Waals surface area contributed by atoms with Gasteiger partial charge in [-0.3, -0.25) is 24.4 Å². The summed E-state index contributed by atoms with van der Waals surface area (Å²) in [4.78, 5) is 71.6. The Morgan fingerprint density at radius 2 is 1.24 bits per heavy atom. The van der Waals surface area contributed by atoms with Gasteiger partial charge in [-0.2, -0.15) is 0 Å². The lowest BCUT2D eigenvalue weighted by Gasteiger charge is -2.30. The molecule has 0 unspecified atom stereocenters. The van der Waals surface area contributed by atoms with Crippen molar-refractivity contribution in [1.29, 1.82) is 0 Å². The predicted octanol–water partition coefficient (Wildman–Crippen LogP) is 7.52. The van der Waals surface area contributed by atoms with E-state index < -0.39 is 5.97 Å². The third kappa shape index (κ3) is 8.43. The van der Waals surface area contributed by atoms with Crippen molar-refractivity contribution in [2.24, 2.45) is 21.8 Å². The van der Waals surface area contributed by atoms with E-state index in [2.05, 4.69) is 46.6 Å². The molecular formula is C48H50N10O6S2. The third-order valence-corrected chi connectivity index (χ3v) is 15.5. The average Bonchev–Trinajstić information content (AvgIpc) is 3.61. The van der Waals surface area contributed by atoms with Crippen molar-refractivity contribution < 1.29 is 29.0 Å². The first-order chi connectivity index (χ1) is 32.1. The molecule has 5 aliphatic rings. The van der Waals surface area contributed by atoms with Crippen LogP contribution in [0.25, 0.3) is 20.4 Å². The fourth-order valence-corrected chi connectivity index (χ4v) is 12.0. The van der Waals surface area contributed by atoms with Crippen LogP contribution in [0.1, 0.15) is 75.2 Å². The topological polar surface area (TPSA) is 197 Å². The number of ether oxygens (including phenoxy) is 2. The molecular weight excluding hydrogens is 877 g/mol. The lowest BCUT2D eigenvalue weighted by molar-refractivity contribution is -0.142. The number of anilines is 4. The Bertz CT molecular complexity index is 2980. The van der Waals surface area contributed by atoms with Crippen molar-refractivity contribution in [3.63, 3.8) is 0 Å². The maximum atomic E-state index is 13.6. The van der Waals surface area contributed by atoms with Gasteiger partial charge in [-0.1, -0.05) is 0 Å². The van der Waals surface area contributed by atoms with Crippen LogP contribution >= 0.6 is 22.7 Å². The summed E-state index contributed by atoms with van der Waals surface area (Å²) in [6.45, 7) is 1.85. The van der Waals surface area contributed by atoms with E-state index in [1.165, 1.54) is 16.0 Å². The molecule has 2 atom stereocenters. The summed E-state index contributed by atoms with van der Waals surface area (Å²) in [5.41, 5.74) is 8.52. The molecule has 0 saturated heterocycles. The van der Waals surface area contributed by atoms with Crippen molar-refractivity contribution in [2.45, 2.75) is 76.9 Å². The van der Waals surface area contributed by atoms with Gasteiger partial charge in [0.25, 0.3) is 0 Å². The zero-order chi connectivity index (χ0) is 45.6. The quantitative estimate of drug-likeness (QED) is 0.109. The molecule has 2 aliphatic heterocycles. The lowest BCUT2D eigenvalue weighted by atomic mass is 9.86. The number of nitrogens with one attached hydrogen (secondary N) is 2. The molecule has 340 valence electrons. The first-order valence-corrected chi connectivity index (χ1v) is 23.9. The standard InChI is InChI=1S/C28H32N6O3S.C20H18N4O3S/c1-33(2)24(35)8-9-34(19-5-6-19)28(36)16-4-7-20-23(12-16)38-27-25(20)26(30-15-31-27)32-21-10-17-13-29-14-18(17)11-22(21)37-3;1-27-15-5-12-8-21-7-11(12)4-14(15)24-18-17-13-3-2-10(20(25)26)6-16(13)28-19(17)23-9-22-18/h10-11,13,15-16,19H,4-9,12,14H2,1-3H3,(H,30,31,32);4-5,7,9-10H,2-3,6,8H2,1H3,(H,25,26)(H,22,23,24)/t16-;10-/m00/s1. The van der Waals surface area contributed by atoms with Gasteiger partial charge in [-0.05, 0) is 109 Å². The van der Waals surface area contributed by atoms with Gasteiger partial charge in [-0.25, -0.2) is 19.9 Å². The Kier molecular flexibility index (Phi) is 11.9. The van der Waals surface area contributed by atoms with Gasteiger partial charge < -0.3 is 35.0 Å². The zero-order valence-corrected chi connectivity index (χ0v) is 38.9. The Morgan fingerprint density at radius 1 is 0.727 bits per heavy atom. The van der Waals surface area contributed by atoms with Crippen molar-refractivity contribution in [2.75, 3.05) is 45.5 Å². The summed E-state index contributed by atoms with van der Waals surface area (Å²) in [6, 6.07) is 8.40. The molecule has 0 radical (unpaired) electrons. The first-order valence-electron chi connectivity index (χ1n) is 22.3. The molecule has 0 spiro atoms. The molecule has 4 aromatic heterocycles. The number of rotatable bonds is 12. The minimum absolute atomic E-state index is 0.0600. The summed E-state index contributed by atoms with van der Waals surface area (Å²) in [5, 5.41) is 18.3. The van der Waals surface area contributed by atoms with E-state index in [0.717, 1.165) is 114 Å². The van der Waals surface area contributed by atoms with Crippen LogP contribution in [0, 0.1) is 11.8 Å². The summed E-state index contributed by atoms with van der Waals surface area (Å²) in [7, 11) is 6.84. The number of fused-ring (bicyclic) bond motifs is 8. The number of aliphatic carboxylic acids is 1. The van der Waals surface area contributed by atoms with Crippen molar-refractivity contribution in [1.82, 2.24) is 29.7 Å². The van der Waals surface area contributed by atoms with Gasteiger partial charge in [0, 0.05) is 61.2 Å². The number of aromatic nitrogens is 4. The molecule has 0 bridgehead atoms. The molecule has 6 aromatic rings. The molecule has 18 heteroatoms. The number of thiophene rings is 2. The highest BCUT2D eigenvalue weighted by Crippen LogP contribution is 2.44. The molecule has 6 heterocycles. The predicted molar refractivity (Wildman–Crippen MR) is 257 cm³/mol. The van der Waals surface area contributed by atoms with Gasteiger partial charge in [-0.15, -0.1) is 22.7 Å². The normalized spacial score (nSPS) is 17.6. The molecule has 3 N–H and O–H groups in total. The minimum Gasteiger partial charge on any atom is -0.495 e. The monoisotopic (exact) mass is 926 g/mol. The second-order valence-electron chi connectivity index (χ2n) is 17.5. The van der Waals surface area contributed by atoms with Crippen molar-refractivity contribution >= 4 is 96.3 Å². The number of benzene rings is 2. The van der Waals surface area contributed by atoms with Crippen LogP contribution in [-0.4, -0.2) is 106 Å². The average molecular weight is 927 g/mol. The number of carbonyl (C=O) groups is 3. The van der Waals surface area contributed by atoms with Gasteiger partial charge in [0.1, 0.15) is 45.5 Å². The third-order valence-electron chi connectivity index (χ3n) is 13.1. The number of aryl methyl sites for hydroxylation is 2. The summed E-state index contributed by atoms with van der Waals surface area (Å²) in [6.07, 6.45) is 13.6. The molecule has 1 saturated carbocycles. The second-order valence-corrected chi connectivity index (χ2v) is 19.7. The van der Waals surface area contributed by atoms with Gasteiger partial charge in [0.15, 0.2) is 0 Å². The number of carboxylic acids is 1. The van der Waals surface area contributed by atoms with E-state index in [1.54, 1.807) is 68.5 Å². The highest BCUT2D eigenvalue weighted by Gasteiger charge is 2.38. The zero-order valence-electron chi connectivity index (χ0n) is 37.2. The van der Waals surface area contributed by atoms with E-state index in [1.807, 2.05) is 35.5 Å². The van der Waals surface area contributed by atoms with Crippen LogP contribution in [-0.2, 0) is 53.2 Å². The van der Waals surface area contributed by atoms with Crippen LogP contribution in [0.2, 0.25) is 0 Å². The Labute approximate surface area is 389 Å². The summed E-state index contributed by atoms with van der Waals surface area (Å²) < 4.78 is 11.2. The molecule has 3 aliphatic carbocycles. The Balaban J connectivity index is 0.000000162. The smallest absolute Gasteiger partial charge is 0.306 e. The Morgan fingerprint density at radius 3 is 1.73 bits per heavy atom. The number of amides is 2. The van der Waals surface area contributed by atoms with E-state index in [-0.39, 0.29) is 29.7 Å². The first kappa shape index (κ1) is 43.4. The molecule has 16 nitrogen and oxygen atoms in total. The van der Waals surface area contributed by atoms with E-state index in [4.69, 9.17) is 9.47 Å². The maximum Gasteiger partial charge on any atom is 0.306 e. The highest BCUT2D eigenvalue weighted by atomic mass is 32.1.